The summed E-state index contributed by atoms with van der Waals surface area (Å²) < 4.78 is 10.0. The third-order valence-electron chi connectivity index (χ3n) is 3.82. The van der Waals surface area contributed by atoms with Crippen LogP contribution in [0.25, 0.3) is 10.8 Å². The van der Waals surface area contributed by atoms with E-state index in [0.717, 1.165) is 5.39 Å². The molecule has 1 amide bonds. The number of halogens is 1. The van der Waals surface area contributed by atoms with Gasteiger partial charge in [-0.2, -0.15) is 0 Å². The van der Waals surface area contributed by atoms with Crippen LogP contribution >= 0.6 is 11.6 Å². The van der Waals surface area contributed by atoms with Gasteiger partial charge in [0.05, 0.1) is 35.9 Å². The molecule has 2 aromatic carbocycles. The van der Waals surface area contributed by atoms with Gasteiger partial charge in [-0.3, -0.25) is 9.78 Å². The summed E-state index contributed by atoms with van der Waals surface area (Å²) in [6.07, 6.45) is 1.54. The number of nitrogens with one attached hydrogen (secondary N) is 1. The summed E-state index contributed by atoms with van der Waals surface area (Å²) in [5, 5.41) is 4.39. The molecule has 0 aliphatic carbocycles. The van der Waals surface area contributed by atoms with Gasteiger partial charge in [0.1, 0.15) is 11.4 Å². The van der Waals surface area contributed by atoms with Crippen LogP contribution in [-0.2, 0) is 4.74 Å². The molecule has 1 heterocycles. The molecule has 0 radical (unpaired) electrons. The van der Waals surface area contributed by atoms with Crippen molar-refractivity contribution in [1.29, 1.82) is 0 Å². The summed E-state index contributed by atoms with van der Waals surface area (Å²) in [4.78, 5) is 28.7. The number of methoxy groups -OCH3 is 2. The molecular formula is C19H15ClN2O4. The predicted molar refractivity (Wildman–Crippen MR) is 99.0 cm³/mol. The number of hydrogen-bond donors (Lipinski definition) is 1. The number of pyridine rings is 1. The molecule has 6 nitrogen and oxygen atoms in total. The van der Waals surface area contributed by atoms with Crippen LogP contribution in [0.4, 0.5) is 5.69 Å². The molecule has 0 aliphatic rings. The Balaban J connectivity index is 2.02. The lowest BCUT2D eigenvalue weighted by molar-refractivity contribution is 0.0600. The maximum Gasteiger partial charge on any atom is 0.337 e. The first-order valence-corrected chi connectivity index (χ1v) is 8.04. The van der Waals surface area contributed by atoms with Gasteiger partial charge < -0.3 is 14.8 Å². The highest BCUT2D eigenvalue weighted by molar-refractivity contribution is 6.34. The van der Waals surface area contributed by atoms with E-state index in [1.54, 1.807) is 18.3 Å². The van der Waals surface area contributed by atoms with Gasteiger partial charge in [-0.25, -0.2) is 4.79 Å². The number of amides is 1. The van der Waals surface area contributed by atoms with Gasteiger partial charge in [-0.05, 0) is 35.7 Å². The highest BCUT2D eigenvalue weighted by atomic mass is 35.5. The molecule has 0 fully saturated rings. The van der Waals surface area contributed by atoms with Crippen LogP contribution in [0.15, 0.2) is 48.7 Å². The van der Waals surface area contributed by atoms with E-state index in [0.29, 0.717) is 16.2 Å². The minimum atomic E-state index is -0.526. The number of rotatable bonds is 4. The van der Waals surface area contributed by atoms with Crippen molar-refractivity contribution in [2.24, 2.45) is 0 Å². The van der Waals surface area contributed by atoms with Crippen LogP contribution in [0.1, 0.15) is 20.8 Å². The van der Waals surface area contributed by atoms with Crippen molar-refractivity contribution in [2.75, 3.05) is 19.5 Å². The van der Waals surface area contributed by atoms with Crippen molar-refractivity contribution in [3.63, 3.8) is 0 Å². The second-order valence-electron chi connectivity index (χ2n) is 5.36. The molecule has 26 heavy (non-hydrogen) atoms. The molecule has 1 N–H and O–H groups in total. The van der Waals surface area contributed by atoms with Crippen LogP contribution in [-0.4, -0.2) is 31.1 Å². The van der Waals surface area contributed by atoms with E-state index in [9.17, 15) is 9.59 Å². The largest absolute Gasteiger partial charge is 0.496 e. The second-order valence-corrected chi connectivity index (χ2v) is 5.77. The summed E-state index contributed by atoms with van der Waals surface area (Å²) in [7, 11) is 2.81. The molecule has 0 spiro atoms. The van der Waals surface area contributed by atoms with Gasteiger partial charge in [0.25, 0.3) is 5.91 Å². The van der Waals surface area contributed by atoms with Gasteiger partial charge in [0.2, 0.25) is 0 Å². The molecule has 1 aromatic heterocycles. The van der Waals surface area contributed by atoms with Crippen molar-refractivity contribution in [1.82, 2.24) is 4.98 Å². The lowest BCUT2D eigenvalue weighted by Gasteiger charge is -2.12. The monoisotopic (exact) mass is 370 g/mol. The van der Waals surface area contributed by atoms with E-state index in [1.165, 1.54) is 32.4 Å². The fourth-order valence-electron chi connectivity index (χ4n) is 2.59. The predicted octanol–water partition coefficient (Wildman–Crippen LogP) is 3.94. The van der Waals surface area contributed by atoms with Crippen molar-refractivity contribution in [3.8, 4) is 5.75 Å². The first kappa shape index (κ1) is 17.7. The van der Waals surface area contributed by atoms with Gasteiger partial charge >= 0.3 is 5.97 Å². The minimum absolute atomic E-state index is 0.194. The highest BCUT2D eigenvalue weighted by Crippen LogP contribution is 2.29. The molecule has 7 heteroatoms. The number of nitrogens with zero attached hydrogens (tertiary/aromatic N) is 1. The fourth-order valence-corrected chi connectivity index (χ4v) is 2.75. The zero-order chi connectivity index (χ0) is 18.7. The number of hydrogen-bond acceptors (Lipinski definition) is 5. The molecule has 3 aromatic rings. The summed E-state index contributed by atoms with van der Waals surface area (Å²) in [6, 6.07) is 11.7. The van der Waals surface area contributed by atoms with Crippen molar-refractivity contribution >= 4 is 39.9 Å². The van der Waals surface area contributed by atoms with Gasteiger partial charge in [-0.15, -0.1) is 0 Å². The average Bonchev–Trinajstić information content (AvgIpc) is 2.67. The molecule has 0 aliphatic heterocycles. The third-order valence-corrected chi connectivity index (χ3v) is 4.15. The zero-order valence-corrected chi connectivity index (χ0v) is 14.8. The van der Waals surface area contributed by atoms with Gasteiger partial charge in [0.15, 0.2) is 0 Å². The number of carbonyl (C=O) groups is 2. The molecular weight excluding hydrogens is 356 g/mol. The van der Waals surface area contributed by atoms with Crippen LogP contribution in [0.2, 0.25) is 5.02 Å². The first-order valence-electron chi connectivity index (χ1n) is 7.66. The molecule has 0 saturated heterocycles. The fraction of sp³-hybridized carbons (Fsp3) is 0.105. The van der Waals surface area contributed by atoms with Crippen molar-refractivity contribution in [2.45, 2.75) is 0 Å². The Hall–Kier alpha value is -3.12. The van der Waals surface area contributed by atoms with Crippen LogP contribution in [0, 0.1) is 0 Å². The summed E-state index contributed by atoms with van der Waals surface area (Å²) in [5.41, 5.74) is 0.753. The normalized spacial score (nSPS) is 10.4. The summed E-state index contributed by atoms with van der Waals surface area (Å²) >= 11 is 6.14. The van der Waals surface area contributed by atoms with Crippen LogP contribution in [0.3, 0.4) is 0 Å². The highest BCUT2D eigenvalue weighted by Gasteiger charge is 2.17. The number of fused-ring (bicyclic) bond motifs is 1. The van der Waals surface area contributed by atoms with E-state index in [1.807, 2.05) is 12.1 Å². The Morgan fingerprint density at radius 3 is 2.65 bits per heavy atom. The molecule has 3 rings (SSSR count). The van der Waals surface area contributed by atoms with E-state index in [2.05, 4.69) is 15.0 Å². The number of anilines is 1. The second kappa shape index (κ2) is 7.41. The standard InChI is InChI=1S/C19H15ClN2O4/c1-25-15-5-3-4-11-8-9-21-17(16(11)15)18(23)22-14-10-12(19(24)26-2)6-7-13(14)20/h3-10H,1-2H3,(H,22,23). The van der Waals surface area contributed by atoms with Crippen molar-refractivity contribution < 1.29 is 19.1 Å². The summed E-state index contributed by atoms with van der Waals surface area (Å²) in [6.45, 7) is 0. The van der Waals surface area contributed by atoms with Crippen molar-refractivity contribution in [3.05, 3.63) is 64.9 Å². The number of carbonyl (C=O) groups excluding carboxylic acids is 2. The number of ether oxygens (including phenoxy) is 2. The lowest BCUT2D eigenvalue weighted by atomic mass is 10.1. The van der Waals surface area contributed by atoms with Crippen LogP contribution < -0.4 is 10.1 Å². The van der Waals surface area contributed by atoms with Gasteiger partial charge in [-0.1, -0.05) is 23.7 Å². The molecule has 0 bridgehead atoms. The third kappa shape index (κ3) is 3.32. The Labute approximate surface area is 154 Å². The molecule has 0 saturated carbocycles. The smallest absolute Gasteiger partial charge is 0.337 e. The quantitative estimate of drug-likeness (QED) is 0.704. The SMILES string of the molecule is COC(=O)c1ccc(Cl)c(NC(=O)c2nccc3cccc(OC)c23)c1. The van der Waals surface area contributed by atoms with E-state index in [4.69, 9.17) is 16.3 Å². The number of esters is 1. The topological polar surface area (TPSA) is 77.5 Å². The average molecular weight is 371 g/mol. The molecule has 0 unspecified atom stereocenters. The van der Waals surface area contributed by atoms with E-state index < -0.39 is 11.9 Å². The number of benzene rings is 2. The van der Waals surface area contributed by atoms with E-state index >= 15 is 0 Å². The molecule has 132 valence electrons. The zero-order valence-electron chi connectivity index (χ0n) is 14.1. The maximum absolute atomic E-state index is 12.8. The molecule has 0 atom stereocenters. The lowest BCUT2D eigenvalue weighted by Crippen LogP contribution is -2.15. The first-order chi connectivity index (χ1) is 12.5. The Kier molecular flexibility index (Phi) is 5.04. The Morgan fingerprint density at radius 2 is 1.92 bits per heavy atom. The minimum Gasteiger partial charge on any atom is -0.496 e. The van der Waals surface area contributed by atoms with Gasteiger partial charge in [0, 0.05) is 6.20 Å². The Morgan fingerprint density at radius 1 is 1.12 bits per heavy atom. The number of aromatic nitrogens is 1. The Bertz CT molecular complexity index is 999. The van der Waals surface area contributed by atoms with E-state index in [-0.39, 0.29) is 16.9 Å². The maximum atomic E-state index is 12.8. The van der Waals surface area contributed by atoms with Crippen LogP contribution in [0.5, 0.6) is 5.75 Å². The summed E-state index contributed by atoms with van der Waals surface area (Å²) in [5.74, 6) is -0.457.